The van der Waals surface area contributed by atoms with E-state index in [1.54, 1.807) is 0 Å². The second-order valence-corrected chi connectivity index (χ2v) is 5.88. The smallest absolute Gasteiger partial charge is 0.343 e. The lowest BCUT2D eigenvalue weighted by Gasteiger charge is -2.23. The summed E-state index contributed by atoms with van der Waals surface area (Å²) in [5.41, 5.74) is -2.24. The molecule has 4 nitrogen and oxygen atoms in total. The number of carbonyl (C=O) groups excluding carboxylic acids is 1. The highest BCUT2D eigenvalue weighted by Gasteiger charge is 2.46. The number of alkyl halides is 1. The number of aliphatic carboxylic acids is 1. The van der Waals surface area contributed by atoms with Gasteiger partial charge in [0.25, 0.3) is 0 Å². The lowest BCUT2D eigenvalue weighted by molar-refractivity contribution is -0.150. The van der Waals surface area contributed by atoms with Gasteiger partial charge in [-0.3, -0.25) is 4.79 Å². The summed E-state index contributed by atoms with van der Waals surface area (Å²) in [5.74, 6) is -0.920. The topological polar surface area (TPSA) is 57.6 Å². The summed E-state index contributed by atoms with van der Waals surface area (Å²) in [6, 6.07) is 0. The van der Waals surface area contributed by atoms with Crippen molar-refractivity contribution in [2.75, 3.05) is 13.1 Å². The number of carboxylic acid groups (broad SMARTS) is 1. The number of carboxylic acids is 1. The van der Waals surface area contributed by atoms with E-state index in [-0.39, 0.29) is 25.4 Å². The highest BCUT2D eigenvalue weighted by atomic mass is 19.1. The van der Waals surface area contributed by atoms with Crippen LogP contribution in [0.3, 0.4) is 0 Å². The molecule has 1 amide bonds. The highest BCUT2D eigenvalue weighted by molar-refractivity contribution is 5.82. The molecule has 2 aliphatic rings. The predicted octanol–water partition coefficient (Wildman–Crippen LogP) is 2.37. The number of hydrogen-bond acceptors (Lipinski definition) is 2. The van der Waals surface area contributed by atoms with E-state index in [9.17, 15) is 14.0 Å². The van der Waals surface area contributed by atoms with Crippen LogP contribution < -0.4 is 0 Å². The van der Waals surface area contributed by atoms with Crippen LogP contribution in [0.2, 0.25) is 0 Å². The van der Waals surface area contributed by atoms with E-state index in [1.807, 2.05) is 0 Å². The molecule has 1 unspecified atom stereocenters. The Balaban J connectivity index is 1.76. The Hall–Kier alpha value is -1.13. The standard InChI is InChI=1S/C14H22FNO3/c15-14(13(18)19)8-9-16(10-14)12(17)7-6-11-4-2-1-3-5-11/h11H,1-10H2,(H,18,19). The molecule has 108 valence electrons. The molecule has 1 saturated carbocycles. The fourth-order valence-corrected chi connectivity index (χ4v) is 3.12. The molecule has 0 radical (unpaired) electrons. The molecule has 2 fully saturated rings. The van der Waals surface area contributed by atoms with Crippen molar-refractivity contribution in [1.29, 1.82) is 0 Å². The Morgan fingerprint density at radius 3 is 2.53 bits per heavy atom. The number of likely N-dealkylation sites (tertiary alicyclic amines) is 1. The zero-order valence-electron chi connectivity index (χ0n) is 11.2. The van der Waals surface area contributed by atoms with Gasteiger partial charge in [0.2, 0.25) is 11.6 Å². The molecular formula is C14H22FNO3. The molecule has 5 heteroatoms. The van der Waals surface area contributed by atoms with Gasteiger partial charge in [-0.25, -0.2) is 9.18 Å². The third-order valence-electron chi connectivity index (χ3n) is 4.45. The van der Waals surface area contributed by atoms with E-state index in [1.165, 1.54) is 37.0 Å². The summed E-state index contributed by atoms with van der Waals surface area (Å²) >= 11 is 0. The summed E-state index contributed by atoms with van der Waals surface area (Å²) in [7, 11) is 0. The summed E-state index contributed by atoms with van der Waals surface area (Å²) in [6.07, 6.45) is 7.37. The van der Waals surface area contributed by atoms with Crippen LogP contribution in [0.25, 0.3) is 0 Å². The van der Waals surface area contributed by atoms with Crippen LogP contribution in [0.4, 0.5) is 4.39 Å². The van der Waals surface area contributed by atoms with Crippen LogP contribution in [0, 0.1) is 5.92 Å². The van der Waals surface area contributed by atoms with Gasteiger partial charge in [-0.1, -0.05) is 32.1 Å². The second-order valence-electron chi connectivity index (χ2n) is 5.88. The van der Waals surface area contributed by atoms with Crippen LogP contribution in [-0.4, -0.2) is 40.6 Å². The highest BCUT2D eigenvalue weighted by Crippen LogP contribution is 2.29. The molecule has 1 aliphatic heterocycles. The van der Waals surface area contributed by atoms with Gasteiger partial charge in [0.15, 0.2) is 0 Å². The molecule has 1 heterocycles. The van der Waals surface area contributed by atoms with Gasteiger partial charge in [-0.2, -0.15) is 0 Å². The second kappa shape index (κ2) is 5.88. The first-order chi connectivity index (χ1) is 9.01. The minimum absolute atomic E-state index is 0.0858. The summed E-state index contributed by atoms with van der Waals surface area (Å²) in [5, 5.41) is 8.79. The third-order valence-corrected chi connectivity index (χ3v) is 4.45. The van der Waals surface area contributed by atoms with Crippen molar-refractivity contribution in [2.24, 2.45) is 5.92 Å². The summed E-state index contributed by atoms with van der Waals surface area (Å²) in [4.78, 5) is 24.1. The quantitative estimate of drug-likeness (QED) is 0.854. The van der Waals surface area contributed by atoms with Gasteiger partial charge in [0, 0.05) is 19.4 Å². The third kappa shape index (κ3) is 3.45. The predicted molar refractivity (Wildman–Crippen MR) is 68.5 cm³/mol. The van der Waals surface area contributed by atoms with Crippen molar-refractivity contribution < 1.29 is 19.1 Å². The fraction of sp³-hybridized carbons (Fsp3) is 0.857. The van der Waals surface area contributed by atoms with Gasteiger partial charge in [0.1, 0.15) is 0 Å². The monoisotopic (exact) mass is 271 g/mol. The van der Waals surface area contributed by atoms with Gasteiger partial charge in [-0.15, -0.1) is 0 Å². The minimum atomic E-state index is -2.24. The first-order valence-electron chi connectivity index (χ1n) is 7.21. The zero-order chi connectivity index (χ0) is 13.9. The molecule has 2 rings (SSSR count). The van der Waals surface area contributed by atoms with Crippen molar-refractivity contribution in [3.8, 4) is 0 Å². The molecule has 0 spiro atoms. The normalized spacial score (nSPS) is 28.6. The Labute approximate surface area is 113 Å². The summed E-state index contributed by atoms with van der Waals surface area (Å²) < 4.78 is 13.8. The molecule has 0 bridgehead atoms. The fourth-order valence-electron chi connectivity index (χ4n) is 3.12. The number of carbonyl (C=O) groups is 2. The maximum atomic E-state index is 13.8. The van der Waals surface area contributed by atoms with E-state index in [0.717, 1.165) is 6.42 Å². The first kappa shape index (κ1) is 14.3. The number of nitrogens with zero attached hydrogens (tertiary/aromatic N) is 1. The van der Waals surface area contributed by atoms with Crippen LogP contribution in [0.1, 0.15) is 51.4 Å². The number of amides is 1. The van der Waals surface area contributed by atoms with Crippen molar-refractivity contribution in [2.45, 2.75) is 57.0 Å². The lowest BCUT2D eigenvalue weighted by Crippen LogP contribution is -2.38. The van der Waals surface area contributed by atoms with Crippen molar-refractivity contribution in [3.05, 3.63) is 0 Å². The average Bonchev–Trinajstić information content (AvgIpc) is 2.81. The zero-order valence-corrected chi connectivity index (χ0v) is 11.2. The maximum Gasteiger partial charge on any atom is 0.343 e. The minimum Gasteiger partial charge on any atom is -0.479 e. The maximum absolute atomic E-state index is 13.8. The number of halogens is 1. The van der Waals surface area contributed by atoms with E-state index in [2.05, 4.69) is 0 Å². The van der Waals surface area contributed by atoms with Crippen LogP contribution in [0.15, 0.2) is 0 Å². The Kier molecular flexibility index (Phi) is 4.42. The Bertz CT molecular complexity index is 355. The Morgan fingerprint density at radius 2 is 1.95 bits per heavy atom. The molecule has 1 atom stereocenters. The van der Waals surface area contributed by atoms with Gasteiger partial charge in [-0.05, 0) is 12.3 Å². The molecular weight excluding hydrogens is 249 g/mol. The van der Waals surface area contributed by atoms with E-state index >= 15 is 0 Å². The SMILES string of the molecule is O=C(CCC1CCCCC1)N1CCC(F)(C(=O)O)C1. The average molecular weight is 271 g/mol. The van der Waals surface area contributed by atoms with E-state index < -0.39 is 11.6 Å². The van der Waals surface area contributed by atoms with Crippen LogP contribution in [0.5, 0.6) is 0 Å². The van der Waals surface area contributed by atoms with Gasteiger partial charge >= 0.3 is 5.97 Å². The first-order valence-corrected chi connectivity index (χ1v) is 7.21. The molecule has 1 aliphatic carbocycles. The van der Waals surface area contributed by atoms with E-state index in [0.29, 0.717) is 12.3 Å². The molecule has 1 saturated heterocycles. The molecule has 19 heavy (non-hydrogen) atoms. The molecule has 0 aromatic rings. The van der Waals surface area contributed by atoms with Gasteiger partial charge in [0.05, 0.1) is 6.54 Å². The van der Waals surface area contributed by atoms with Crippen LogP contribution in [-0.2, 0) is 9.59 Å². The largest absolute Gasteiger partial charge is 0.479 e. The van der Waals surface area contributed by atoms with Crippen LogP contribution >= 0.6 is 0 Å². The number of hydrogen-bond donors (Lipinski definition) is 1. The molecule has 1 N–H and O–H groups in total. The van der Waals surface area contributed by atoms with Crippen molar-refractivity contribution in [1.82, 2.24) is 4.90 Å². The van der Waals surface area contributed by atoms with Gasteiger partial charge < -0.3 is 10.0 Å². The molecule has 0 aromatic heterocycles. The lowest BCUT2D eigenvalue weighted by atomic mass is 9.86. The molecule has 0 aromatic carbocycles. The summed E-state index contributed by atoms with van der Waals surface area (Å²) in [6.45, 7) is -0.0574. The van der Waals surface area contributed by atoms with Crippen molar-refractivity contribution >= 4 is 11.9 Å². The van der Waals surface area contributed by atoms with E-state index in [4.69, 9.17) is 5.11 Å². The number of rotatable bonds is 4. The Morgan fingerprint density at radius 1 is 1.26 bits per heavy atom. The van der Waals surface area contributed by atoms with Crippen molar-refractivity contribution in [3.63, 3.8) is 0 Å².